The molecule has 1 aromatic rings. The van der Waals surface area contributed by atoms with Gasteiger partial charge < -0.3 is 15.2 Å². The van der Waals surface area contributed by atoms with Gasteiger partial charge in [-0.1, -0.05) is 18.2 Å². The number of carbonyl (C=O) groups is 2. The molecule has 1 saturated carbocycles. The minimum Gasteiger partial charge on any atom is -0.489 e. The molecule has 0 saturated heterocycles. The van der Waals surface area contributed by atoms with E-state index in [1.807, 2.05) is 37.3 Å². The van der Waals surface area contributed by atoms with Gasteiger partial charge in [0.25, 0.3) is 0 Å². The van der Waals surface area contributed by atoms with E-state index in [2.05, 4.69) is 5.32 Å². The van der Waals surface area contributed by atoms with Crippen LogP contribution in [0.3, 0.4) is 0 Å². The molecule has 2 N–H and O–H groups in total. The predicted molar refractivity (Wildman–Crippen MR) is 68.8 cm³/mol. The van der Waals surface area contributed by atoms with E-state index in [0.717, 1.165) is 5.75 Å². The molecule has 0 bridgehead atoms. The normalized spacial score (nSPS) is 22.4. The quantitative estimate of drug-likeness (QED) is 0.811. The van der Waals surface area contributed by atoms with E-state index in [-0.39, 0.29) is 17.9 Å². The molecule has 1 aliphatic carbocycles. The van der Waals surface area contributed by atoms with Crippen molar-refractivity contribution < 1.29 is 19.4 Å². The molecule has 5 nitrogen and oxygen atoms in total. The van der Waals surface area contributed by atoms with E-state index < -0.39 is 11.9 Å². The molecule has 0 heterocycles. The van der Waals surface area contributed by atoms with Crippen molar-refractivity contribution in [3.63, 3.8) is 0 Å². The van der Waals surface area contributed by atoms with Crippen LogP contribution in [0.15, 0.2) is 30.3 Å². The van der Waals surface area contributed by atoms with E-state index >= 15 is 0 Å². The molecule has 0 radical (unpaired) electrons. The second-order valence-corrected chi connectivity index (χ2v) is 4.77. The zero-order valence-corrected chi connectivity index (χ0v) is 10.7. The van der Waals surface area contributed by atoms with E-state index in [1.165, 1.54) is 0 Å². The van der Waals surface area contributed by atoms with Crippen LogP contribution in [0.5, 0.6) is 5.75 Å². The first kappa shape index (κ1) is 13.4. The lowest BCUT2D eigenvalue weighted by molar-refractivity contribution is -0.140. The van der Waals surface area contributed by atoms with Gasteiger partial charge in [-0.15, -0.1) is 0 Å². The van der Waals surface area contributed by atoms with Crippen molar-refractivity contribution in [3.05, 3.63) is 30.3 Å². The van der Waals surface area contributed by atoms with E-state index in [4.69, 9.17) is 9.84 Å². The molecule has 2 rings (SSSR count). The van der Waals surface area contributed by atoms with Crippen LogP contribution in [0, 0.1) is 11.8 Å². The molecule has 1 aliphatic rings. The molecule has 0 spiro atoms. The van der Waals surface area contributed by atoms with E-state index in [9.17, 15) is 9.59 Å². The number of rotatable bonds is 6. The fourth-order valence-corrected chi connectivity index (χ4v) is 1.91. The van der Waals surface area contributed by atoms with Crippen molar-refractivity contribution in [3.8, 4) is 5.75 Å². The number of nitrogens with one attached hydrogen (secondary N) is 1. The minimum absolute atomic E-state index is 0.159. The molecular weight excluding hydrogens is 246 g/mol. The number of ether oxygens (including phenoxy) is 1. The summed E-state index contributed by atoms with van der Waals surface area (Å²) in [5.74, 6) is -1.23. The van der Waals surface area contributed by atoms with Crippen LogP contribution >= 0.6 is 0 Å². The van der Waals surface area contributed by atoms with Gasteiger partial charge in [-0.05, 0) is 25.5 Å². The van der Waals surface area contributed by atoms with Gasteiger partial charge in [-0.25, -0.2) is 0 Å². The molecule has 0 aliphatic heterocycles. The molecule has 19 heavy (non-hydrogen) atoms. The van der Waals surface area contributed by atoms with Crippen LogP contribution in [-0.4, -0.2) is 29.6 Å². The van der Waals surface area contributed by atoms with Crippen molar-refractivity contribution in [2.45, 2.75) is 19.4 Å². The number of carbonyl (C=O) groups excluding carboxylic acids is 1. The van der Waals surface area contributed by atoms with Gasteiger partial charge in [0, 0.05) is 0 Å². The lowest BCUT2D eigenvalue weighted by atomic mass is 10.3. The molecular formula is C14H17NO4. The zero-order chi connectivity index (χ0) is 13.8. The Morgan fingerprint density at radius 1 is 1.37 bits per heavy atom. The van der Waals surface area contributed by atoms with Crippen molar-refractivity contribution in [1.82, 2.24) is 5.32 Å². The molecule has 5 heteroatoms. The summed E-state index contributed by atoms with van der Waals surface area (Å²) >= 11 is 0. The highest BCUT2D eigenvalue weighted by Crippen LogP contribution is 2.38. The van der Waals surface area contributed by atoms with Crippen molar-refractivity contribution >= 4 is 11.9 Å². The fraction of sp³-hybridized carbons (Fsp3) is 0.429. The number of aliphatic carboxylic acids is 1. The van der Waals surface area contributed by atoms with Crippen LogP contribution in [0.1, 0.15) is 13.3 Å². The Hall–Kier alpha value is -2.04. The lowest BCUT2D eigenvalue weighted by Gasteiger charge is -2.15. The summed E-state index contributed by atoms with van der Waals surface area (Å²) in [6.45, 7) is 2.23. The maximum absolute atomic E-state index is 11.6. The third-order valence-electron chi connectivity index (χ3n) is 3.09. The number of benzene rings is 1. The Morgan fingerprint density at radius 2 is 2.05 bits per heavy atom. The topological polar surface area (TPSA) is 75.6 Å². The van der Waals surface area contributed by atoms with Gasteiger partial charge in [0.15, 0.2) is 0 Å². The number of amides is 1. The molecule has 1 fully saturated rings. The van der Waals surface area contributed by atoms with Crippen LogP contribution in [0.2, 0.25) is 0 Å². The van der Waals surface area contributed by atoms with Crippen LogP contribution in [0.25, 0.3) is 0 Å². The highest BCUT2D eigenvalue weighted by atomic mass is 16.5. The van der Waals surface area contributed by atoms with Gasteiger partial charge >= 0.3 is 5.97 Å². The lowest BCUT2D eigenvalue weighted by Crippen LogP contribution is -2.35. The predicted octanol–water partition coefficient (Wildman–Crippen LogP) is 1.29. The first-order valence-electron chi connectivity index (χ1n) is 6.30. The van der Waals surface area contributed by atoms with Gasteiger partial charge in [-0.2, -0.15) is 0 Å². The summed E-state index contributed by atoms with van der Waals surface area (Å²) in [5.41, 5.74) is 0. The van der Waals surface area contributed by atoms with Crippen LogP contribution < -0.4 is 10.1 Å². The minimum atomic E-state index is -0.895. The maximum atomic E-state index is 11.6. The number of para-hydroxylation sites is 1. The van der Waals surface area contributed by atoms with Gasteiger partial charge in [0.05, 0.1) is 18.4 Å². The molecule has 3 atom stereocenters. The second-order valence-electron chi connectivity index (χ2n) is 4.77. The highest BCUT2D eigenvalue weighted by molar-refractivity contribution is 5.89. The van der Waals surface area contributed by atoms with E-state index in [0.29, 0.717) is 13.0 Å². The van der Waals surface area contributed by atoms with Crippen molar-refractivity contribution in [2.75, 3.05) is 6.54 Å². The molecule has 102 valence electrons. The summed E-state index contributed by atoms with van der Waals surface area (Å²) in [6, 6.07) is 9.35. The number of carboxylic acids is 1. The Morgan fingerprint density at radius 3 is 2.63 bits per heavy atom. The molecule has 0 aromatic heterocycles. The molecule has 1 aromatic carbocycles. The SMILES string of the molecule is C[C@H](CNC(=O)[C@@H]1C[C@H]1C(=O)O)Oc1ccccc1. The third kappa shape index (κ3) is 3.71. The Labute approximate surface area is 111 Å². The zero-order valence-electron chi connectivity index (χ0n) is 10.7. The largest absolute Gasteiger partial charge is 0.489 e. The Kier molecular flexibility index (Phi) is 4.04. The summed E-state index contributed by atoms with van der Waals surface area (Å²) in [5, 5.41) is 11.5. The Bertz CT molecular complexity index is 460. The first-order chi connectivity index (χ1) is 9.08. The Balaban J connectivity index is 1.71. The number of hydrogen-bond donors (Lipinski definition) is 2. The average Bonchev–Trinajstić information content (AvgIpc) is 3.17. The van der Waals surface area contributed by atoms with Gasteiger partial charge in [0.1, 0.15) is 11.9 Å². The molecule has 1 amide bonds. The average molecular weight is 263 g/mol. The first-order valence-corrected chi connectivity index (χ1v) is 6.30. The third-order valence-corrected chi connectivity index (χ3v) is 3.09. The van der Waals surface area contributed by atoms with E-state index in [1.54, 1.807) is 0 Å². The highest BCUT2D eigenvalue weighted by Gasteiger charge is 2.48. The van der Waals surface area contributed by atoms with Crippen LogP contribution in [0.4, 0.5) is 0 Å². The maximum Gasteiger partial charge on any atom is 0.307 e. The summed E-state index contributed by atoms with van der Waals surface area (Å²) < 4.78 is 5.61. The molecule has 0 unspecified atom stereocenters. The van der Waals surface area contributed by atoms with Crippen molar-refractivity contribution in [2.24, 2.45) is 11.8 Å². The van der Waals surface area contributed by atoms with Gasteiger partial charge in [-0.3, -0.25) is 9.59 Å². The summed E-state index contributed by atoms with van der Waals surface area (Å²) in [4.78, 5) is 22.3. The summed E-state index contributed by atoms with van der Waals surface area (Å²) in [6.07, 6.45) is 0.281. The summed E-state index contributed by atoms with van der Waals surface area (Å²) in [7, 11) is 0. The van der Waals surface area contributed by atoms with Crippen LogP contribution in [-0.2, 0) is 9.59 Å². The van der Waals surface area contributed by atoms with Gasteiger partial charge in [0.2, 0.25) is 5.91 Å². The van der Waals surface area contributed by atoms with Crippen molar-refractivity contribution in [1.29, 1.82) is 0 Å². The smallest absolute Gasteiger partial charge is 0.307 e. The number of carboxylic acid groups (broad SMARTS) is 1. The fourth-order valence-electron chi connectivity index (χ4n) is 1.91. The monoisotopic (exact) mass is 263 g/mol. The second kappa shape index (κ2) is 5.73. The number of hydrogen-bond acceptors (Lipinski definition) is 3. The standard InChI is InChI=1S/C14H17NO4/c1-9(19-10-5-3-2-4-6-10)8-15-13(16)11-7-12(11)14(17)18/h2-6,9,11-12H,7-8H2,1H3,(H,15,16)(H,17,18)/t9-,11-,12-/m1/s1.